The Morgan fingerprint density at radius 1 is 0.469 bits per heavy atom. The number of halogens is 6. The van der Waals surface area contributed by atoms with Crippen molar-refractivity contribution in [3.8, 4) is 23.3 Å². The largest absolute Gasteiger partial charge is 0.454 e. The number of rotatable bonds is 9. The van der Waals surface area contributed by atoms with Gasteiger partial charge < -0.3 is 19.1 Å². The van der Waals surface area contributed by atoms with Crippen LogP contribution in [0.5, 0.6) is 0 Å². The van der Waals surface area contributed by atoms with E-state index in [2.05, 4.69) is 119 Å². The van der Waals surface area contributed by atoms with Crippen LogP contribution in [0.15, 0.2) is 188 Å². The summed E-state index contributed by atoms with van der Waals surface area (Å²) >= 11 is 13.7. The smallest absolute Gasteiger partial charge is 0.397 e. The first-order valence-electron chi connectivity index (χ1n) is 29.0. The normalized spacial score (nSPS) is 11.8. The molecule has 12 aromatic rings. The highest BCUT2D eigenvalue weighted by Gasteiger charge is 2.34. The lowest BCUT2D eigenvalue weighted by molar-refractivity contribution is -0.156. The second-order valence-electron chi connectivity index (χ2n) is 23.6. The number of carbonyl (C=O) groups excluding carboxylic acids is 3. The predicted molar refractivity (Wildman–Crippen MR) is 374 cm³/mol. The van der Waals surface area contributed by atoms with Crippen LogP contribution < -0.4 is 0 Å². The van der Waals surface area contributed by atoms with Gasteiger partial charge in [-0.1, -0.05) is 112 Å². The standard InChI is InChI=1S/2C19H17BrN4O2.2C12H7BrFN3.C7H11NO2/c1-19(2,3)26-18(25)17(21-4)14-6-5-7-16(22-14)24-11-12-8-9-13(20)10-15(12)23-24;1-19(2,3)26-18(25)17(21-4)14-6-5-7-16(23-14)24-15-10-13(20)9-8-12(15)11-22-24;13-9-5-4-8-7-17(16-10(8)6-9)12-3-1-2-11(14)15-12;13-9-5-4-8-7-15-17(10(8)6-9)12-3-1-2-11(14)16-12;1-7(2,3)10-6(9)5-8-4/h2*5-11,17H,1-3H3;2*1-7H;5H2,1-3H3. The zero-order chi connectivity index (χ0) is 69.6. The van der Waals surface area contributed by atoms with Crippen molar-refractivity contribution in [2.24, 2.45) is 0 Å². The Morgan fingerprint density at radius 2 is 0.823 bits per heavy atom. The van der Waals surface area contributed by atoms with Crippen molar-refractivity contribution in [2.45, 2.75) is 91.2 Å². The highest BCUT2D eigenvalue weighted by Crippen LogP contribution is 2.28. The fraction of sp³-hybridized carbons (Fsp3) is 0.217. The molecule has 0 fully saturated rings. The number of pyridine rings is 4. The van der Waals surface area contributed by atoms with Crippen molar-refractivity contribution in [1.29, 1.82) is 0 Å². The van der Waals surface area contributed by atoms with E-state index in [0.29, 0.717) is 34.7 Å². The van der Waals surface area contributed by atoms with E-state index in [0.717, 1.165) is 61.5 Å². The number of fused-ring (bicyclic) bond motifs is 4. The molecule has 0 aliphatic carbocycles. The molecule has 2 atom stereocenters. The van der Waals surface area contributed by atoms with Crippen LogP contribution in [0.4, 0.5) is 8.78 Å². The number of aromatic nitrogens is 12. The number of hydrogen-bond acceptors (Lipinski definition) is 14. The van der Waals surface area contributed by atoms with Crippen LogP contribution >= 0.6 is 63.7 Å². The molecule has 4 aromatic carbocycles. The first-order chi connectivity index (χ1) is 45.5. The van der Waals surface area contributed by atoms with E-state index in [1.54, 1.807) is 154 Å². The zero-order valence-corrected chi connectivity index (χ0v) is 59.3. The molecule has 0 saturated heterocycles. The average molecular weight is 1550 g/mol. The van der Waals surface area contributed by atoms with Crippen LogP contribution in [-0.2, 0) is 28.6 Å². The molecule has 0 amide bonds. The molecule has 2 unspecified atom stereocenters. The molecule has 21 nitrogen and oxygen atoms in total. The van der Waals surface area contributed by atoms with E-state index in [1.165, 1.54) is 12.1 Å². The fourth-order valence-corrected chi connectivity index (χ4v) is 10.1. The molecule has 8 heterocycles. The molecule has 0 N–H and O–H groups in total. The fourth-order valence-electron chi connectivity index (χ4n) is 8.66. The molecule has 96 heavy (non-hydrogen) atoms. The van der Waals surface area contributed by atoms with Crippen molar-refractivity contribution in [3.63, 3.8) is 0 Å². The lowest BCUT2D eigenvalue weighted by Gasteiger charge is -2.19. The number of ether oxygens (including phenoxy) is 3. The number of esters is 3. The Bertz CT molecular complexity index is 4920. The summed E-state index contributed by atoms with van der Waals surface area (Å²) in [5, 5.41) is 21.3. The Morgan fingerprint density at radius 3 is 1.22 bits per heavy atom. The van der Waals surface area contributed by atoms with E-state index in [-0.39, 0.29) is 6.54 Å². The summed E-state index contributed by atoms with van der Waals surface area (Å²) in [4.78, 5) is 61.5. The predicted octanol–water partition coefficient (Wildman–Crippen LogP) is 16.9. The molecule has 0 aliphatic heterocycles. The average Bonchev–Trinajstić information content (AvgIpc) is 1.73. The van der Waals surface area contributed by atoms with Crippen LogP contribution in [0.25, 0.3) is 81.4 Å². The van der Waals surface area contributed by atoms with Gasteiger partial charge in [-0.2, -0.15) is 29.2 Å². The molecule has 0 bridgehead atoms. The maximum absolute atomic E-state index is 13.1. The summed E-state index contributed by atoms with van der Waals surface area (Å²) < 4.78 is 51.9. The third kappa shape index (κ3) is 20.0. The summed E-state index contributed by atoms with van der Waals surface area (Å²) in [5.74, 6) is -0.681. The van der Waals surface area contributed by atoms with Crippen LogP contribution in [0, 0.1) is 31.6 Å². The van der Waals surface area contributed by atoms with Gasteiger partial charge in [0.05, 0.1) is 34.5 Å². The molecule has 8 aromatic heterocycles. The minimum absolute atomic E-state index is 0.183. The third-order valence-electron chi connectivity index (χ3n) is 12.5. The minimum Gasteiger partial charge on any atom is -0.454 e. The van der Waals surface area contributed by atoms with E-state index >= 15 is 0 Å². The molecular weight excluding hydrogens is 1490 g/mol. The van der Waals surface area contributed by atoms with Gasteiger partial charge >= 0.3 is 36.5 Å². The lowest BCUT2D eigenvalue weighted by Crippen LogP contribution is -2.27. The summed E-state index contributed by atoms with van der Waals surface area (Å²) in [6, 6.07) is 40.7. The van der Waals surface area contributed by atoms with Gasteiger partial charge in [0.2, 0.25) is 11.9 Å². The molecule has 27 heteroatoms. The number of carbonyl (C=O) groups is 3. The lowest BCUT2D eigenvalue weighted by atomic mass is 10.1. The van der Waals surface area contributed by atoms with E-state index in [4.69, 9.17) is 33.9 Å². The monoisotopic (exact) mass is 1550 g/mol. The van der Waals surface area contributed by atoms with Gasteiger partial charge in [-0.3, -0.25) is 9.69 Å². The summed E-state index contributed by atoms with van der Waals surface area (Å²) in [7, 11) is 0. The molecule has 0 aliphatic rings. The van der Waals surface area contributed by atoms with Gasteiger partial charge in [-0.05, 0) is 159 Å². The third-order valence-corrected chi connectivity index (χ3v) is 14.5. The quantitative estimate of drug-likeness (QED) is 0.0569. The van der Waals surface area contributed by atoms with Crippen LogP contribution in [0.3, 0.4) is 0 Å². The molecule has 12 rings (SSSR count). The molecular formula is C69H59Br4F2N15O6. The Hall–Kier alpha value is -9.98. The van der Waals surface area contributed by atoms with Crippen molar-refractivity contribution in [1.82, 2.24) is 59.1 Å². The van der Waals surface area contributed by atoms with Crippen molar-refractivity contribution in [2.75, 3.05) is 6.54 Å². The highest BCUT2D eigenvalue weighted by atomic mass is 79.9. The number of benzene rings is 4. The Balaban J connectivity index is 0.000000159. The zero-order valence-electron chi connectivity index (χ0n) is 53.0. The molecule has 0 spiro atoms. The SMILES string of the molecule is Fc1cccc(-n2cc3ccc(Br)cc3n2)n1.Fc1cccc(-n2ncc3ccc(Br)cc32)n1.[C-]#[N+]C(C(=O)OC(C)(C)C)c1cccc(-n2cc3ccc(Br)cc3n2)n1.[C-]#[N+]C(C(=O)OC(C)(C)C)c1cccc(-n2ncc3ccc(Br)cc32)n1.[C-]#[N+]CC(=O)OC(C)(C)C. The maximum Gasteiger partial charge on any atom is 0.397 e. The van der Waals surface area contributed by atoms with Crippen LogP contribution in [0.2, 0.25) is 0 Å². The molecule has 488 valence electrons. The summed E-state index contributed by atoms with van der Waals surface area (Å²) in [6.45, 7) is 36.9. The van der Waals surface area contributed by atoms with Crippen molar-refractivity contribution < 1.29 is 37.4 Å². The first kappa shape index (κ1) is 71.9. The van der Waals surface area contributed by atoms with Gasteiger partial charge in [0.15, 0.2) is 23.3 Å². The minimum atomic E-state index is -1.11. The van der Waals surface area contributed by atoms with Gasteiger partial charge in [0.25, 0.3) is 0 Å². The number of nitrogens with zero attached hydrogens (tertiary/aromatic N) is 15. The summed E-state index contributed by atoms with van der Waals surface area (Å²) in [6.07, 6.45) is 7.16. The first-order valence-corrected chi connectivity index (χ1v) is 32.1. The number of hydrogen-bond donors (Lipinski definition) is 0. The highest BCUT2D eigenvalue weighted by molar-refractivity contribution is 9.11. The van der Waals surface area contributed by atoms with Crippen LogP contribution in [-0.4, -0.2) is 100 Å². The molecule has 0 saturated carbocycles. The van der Waals surface area contributed by atoms with Gasteiger partial charge in [-0.15, -0.1) is 0 Å². The van der Waals surface area contributed by atoms with Gasteiger partial charge in [0.1, 0.15) is 28.2 Å². The second kappa shape index (κ2) is 31.5. The molecule has 0 radical (unpaired) electrons. The van der Waals surface area contributed by atoms with Gasteiger partial charge in [0, 0.05) is 51.8 Å². The van der Waals surface area contributed by atoms with Crippen molar-refractivity contribution >= 4 is 125 Å². The van der Waals surface area contributed by atoms with Crippen LogP contribution in [0.1, 0.15) is 85.8 Å². The van der Waals surface area contributed by atoms with E-state index in [1.807, 2.05) is 85.2 Å². The maximum atomic E-state index is 13.1. The van der Waals surface area contributed by atoms with E-state index in [9.17, 15) is 23.2 Å². The second-order valence-corrected chi connectivity index (χ2v) is 27.2. The Kier molecular flexibility index (Phi) is 23.6. The van der Waals surface area contributed by atoms with Crippen molar-refractivity contribution in [3.05, 3.63) is 246 Å². The summed E-state index contributed by atoms with van der Waals surface area (Å²) in [5.41, 5.74) is 2.30. The van der Waals surface area contributed by atoms with Gasteiger partial charge in [-0.25, -0.2) is 72.8 Å². The van der Waals surface area contributed by atoms with E-state index < -0.39 is 58.7 Å². The Labute approximate surface area is 584 Å². The topological polar surface area (TPSA) is 215 Å².